The molecule has 25 heavy (non-hydrogen) atoms. The zero-order valence-electron chi connectivity index (χ0n) is 15.7. The maximum atomic E-state index is 5.81. The van der Waals surface area contributed by atoms with Crippen molar-refractivity contribution >= 4 is 17.3 Å². The van der Waals surface area contributed by atoms with Gasteiger partial charge in [-0.25, -0.2) is 0 Å². The quantitative estimate of drug-likeness (QED) is 0.780. The molecule has 2 aliphatic heterocycles. The van der Waals surface area contributed by atoms with Crippen molar-refractivity contribution in [2.75, 3.05) is 45.9 Å². The van der Waals surface area contributed by atoms with Crippen molar-refractivity contribution in [2.45, 2.75) is 32.2 Å². The molecule has 0 unspecified atom stereocenters. The van der Waals surface area contributed by atoms with E-state index in [-0.39, 0.29) is 0 Å². The number of hydrogen-bond donors (Lipinski definition) is 2. The topological polar surface area (TPSA) is 33.9 Å². The number of aromatic nitrogens is 1. The number of nitrogens with one attached hydrogen (secondary N) is 2. The van der Waals surface area contributed by atoms with Gasteiger partial charge >= 0.3 is 0 Å². The van der Waals surface area contributed by atoms with Gasteiger partial charge in [0.15, 0.2) is 5.11 Å². The second kappa shape index (κ2) is 9.01. The Morgan fingerprint density at radius 1 is 1.32 bits per heavy atom. The van der Waals surface area contributed by atoms with Crippen molar-refractivity contribution in [2.24, 2.45) is 13.0 Å². The molecule has 5 nitrogen and oxygen atoms in total. The van der Waals surface area contributed by atoms with Crippen molar-refractivity contribution in [1.82, 2.24) is 14.8 Å². The molecule has 2 atom stereocenters. The van der Waals surface area contributed by atoms with Crippen LogP contribution in [0.3, 0.4) is 0 Å². The van der Waals surface area contributed by atoms with Crippen LogP contribution >= 0.6 is 12.2 Å². The summed E-state index contributed by atoms with van der Waals surface area (Å²) in [6.45, 7) is 9.47. The molecule has 6 heteroatoms. The number of hydrogen-bond acceptors (Lipinski definition) is 2. The maximum Gasteiger partial charge on any atom is 0.169 e. The Bertz CT molecular complexity index is 555. The maximum absolute atomic E-state index is 5.81. The first kappa shape index (κ1) is 18.7. The standard InChI is InChI=1S/C19H32N4OS/c1-16-5-6-18(17-4-3-9-21(17)2)23(10-7-16)19(25)20-8-11-22-12-14-24-15-13-22/h3-4,9,16,18H,5-8,10-15H2,1-2H3,(H,20,25)/p+1/t16-,18-/m0/s1. The lowest BCUT2D eigenvalue weighted by molar-refractivity contribution is -0.906. The highest BCUT2D eigenvalue weighted by atomic mass is 32.1. The Hall–Kier alpha value is -1.11. The molecule has 3 rings (SSSR count). The third-order valence-corrected chi connectivity index (χ3v) is 6.09. The fourth-order valence-corrected chi connectivity index (χ4v) is 4.31. The summed E-state index contributed by atoms with van der Waals surface area (Å²) in [5, 5.41) is 4.46. The van der Waals surface area contributed by atoms with Crippen LogP contribution in [0.5, 0.6) is 0 Å². The van der Waals surface area contributed by atoms with Gasteiger partial charge in [-0.05, 0) is 49.5 Å². The van der Waals surface area contributed by atoms with Gasteiger partial charge in [0, 0.05) is 25.5 Å². The number of aryl methyl sites for hydroxylation is 1. The summed E-state index contributed by atoms with van der Waals surface area (Å²) in [5.74, 6) is 0.772. The van der Waals surface area contributed by atoms with E-state index in [2.05, 4.69) is 47.1 Å². The Kier molecular flexibility index (Phi) is 6.73. The Balaban J connectivity index is 1.59. The largest absolute Gasteiger partial charge is 0.370 e. The van der Waals surface area contributed by atoms with Gasteiger partial charge in [0.05, 0.1) is 32.3 Å². The van der Waals surface area contributed by atoms with Gasteiger partial charge in [-0.3, -0.25) is 0 Å². The average Bonchev–Trinajstić information content (AvgIpc) is 2.94. The van der Waals surface area contributed by atoms with E-state index in [0.29, 0.717) is 6.04 Å². The van der Waals surface area contributed by atoms with Gasteiger partial charge in [-0.1, -0.05) is 6.92 Å². The van der Waals surface area contributed by atoms with Crippen molar-refractivity contribution < 1.29 is 9.64 Å². The van der Waals surface area contributed by atoms with Crippen LogP contribution in [0.25, 0.3) is 0 Å². The molecular weight excluding hydrogens is 332 g/mol. The summed E-state index contributed by atoms with van der Waals surface area (Å²) in [6.07, 6.45) is 5.81. The minimum atomic E-state index is 0.390. The van der Waals surface area contributed by atoms with Crippen LogP contribution in [0.4, 0.5) is 0 Å². The lowest BCUT2D eigenvalue weighted by atomic mass is 10.0. The zero-order valence-corrected chi connectivity index (χ0v) is 16.5. The van der Waals surface area contributed by atoms with Crippen molar-refractivity contribution in [3.05, 3.63) is 24.0 Å². The number of rotatable bonds is 4. The van der Waals surface area contributed by atoms with E-state index in [0.717, 1.165) is 57.0 Å². The van der Waals surface area contributed by atoms with E-state index < -0.39 is 0 Å². The molecule has 0 amide bonds. The summed E-state index contributed by atoms with van der Waals surface area (Å²) in [6, 6.07) is 4.77. The van der Waals surface area contributed by atoms with Crippen LogP contribution in [0.2, 0.25) is 0 Å². The molecule has 0 spiro atoms. The predicted octanol–water partition coefficient (Wildman–Crippen LogP) is 0.978. The van der Waals surface area contributed by atoms with Gasteiger partial charge in [-0.15, -0.1) is 0 Å². The Labute approximate surface area is 157 Å². The normalized spacial score (nSPS) is 25.6. The molecule has 2 saturated heterocycles. The van der Waals surface area contributed by atoms with Crippen LogP contribution in [-0.4, -0.2) is 60.5 Å². The molecule has 3 heterocycles. The van der Waals surface area contributed by atoms with E-state index in [4.69, 9.17) is 17.0 Å². The predicted molar refractivity (Wildman–Crippen MR) is 105 cm³/mol. The highest BCUT2D eigenvalue weighted by Crippen LogP contribution is 2.32. The SMILES string of the molecule is C[C@H]1CC[C@@H](c2cccn2C)N(C(=S)NCC[NH+]2CCOCC2)CC1. The monoisotopic (exact) mass is 365 g/mol. The number of ether oxygens (including phenoxy) is 1. The third-order valence-electron chi connectivity index (χ3n) is 5.71. The number of morpholine rings is 1. The summed E-state index contributed by atoms with van der Waals surface area (Å²) in [7, 11) is 2.14. The first-order valence-electron chi connectivity index (χ1n) is 9.72. The Morgan fingerprint density at radius 3 is 2.84 bits per heavy atom. The van der Waals surface area contributed by atoms with Crippen LogP contribution in [0.15, 0.2) is 18.3 Å². The first-order chi connectivity index (χ1) is 12.1. The van der Waals surface area contributed by atoms with Crippen LogP contribution < -0.4 is 10.2 Å². The molecule has 0 radical (unpaired) electrons. The van der Waals surface area contributed by atoms with E-state index >= 15 is 0 Å². The van der Waals surface area contributed by atoms with Gasteiger partial charge in [0.2, 0.25) is 0 Å². The minimum Gasteiger partial charge on any atom is -0.370 e. The lowest BCUT2D eigenvalue weighted by Crippen LogP contribution is -3.14. The van der Waals surface area contributed by atoms with Gasteiger partial charge in [-0.2, -0.15) is 0 Å². The van der Waals surface area contributed by atoms with Crippen molar-refractivity contribution in [3.8, 4) is 0 Å². The molecule has 0 saturated carbocycles. The molecule has 0 aromatic carbocycles. The van der Waals surface area contributed by atoms with E-state index in [1.54, 1.807) is 4.90 Å². The molecule has 0 bridgehead atoms. The van der Waals surface area contributed by atoms with Gasteiger partial charge < -0.3 is 24.4 Å². The zero-order chi connectivity index (χ0) is 17.6. The highest BCUT2D eigenvalue weighted by Gasteiger charge is 2.28. The van der Waals surface area contributed by atoms with Crippen LogP contribution in [0, 0.1) is 5.92 Å². The van der Waals surface area contributed by atoms with E-state index in [9.17, 15) is 0 Å². The lowest BCUT2D eigenvalue weighted by Gasteiger charge is -2.33. The number of thiocarbonyl (C=S) groups is 1. The van der Waals surface area contributed by atoms with Gasteiger partial charge in [0.1, 0.15) is 13.1 Å². The second-order valence-electron chi connectivity index (χ2n) is 7.57. The van der Waals surface area contributed by atoms with Gasteiger partial charge in [0.25, 0.3) is 0 Å². The Morgan fingerprint density at radius 2 is 2.12 bits per heavy atom. The third kappa shape index (κ3) is 4.96. The smallest absolute Gasteiger partial charge is 0.169 e. The molecule has 140 valence electrons. The molecule has 2 fully saturated rings. The second-order valence-corrected chi connectivity index (χ2v) is 7.96. The average molecular weight is 366 g/mol. The fourth-order valence-electron chi connectivity index (χ4n) is 3.99. The number of nitrogens with zero attached hydrogens (tertiary/aromatic N) is 2. The van der Waals surface area contributed by atoms with Crippen molar-refractivity contribution in [1.29, 1.82) is 0 Å². The van der Waals surface area contributed by atoms with E-state index in [1.165, 1.54) is 25.0 Å². The number of likely N-dealkylation sites (tertiary alicyclic amines) is 1. The molecular formula is C19H33N4OS+. The minimum absolute atomic E-state index is 0.390. The van der Waals surface area contributed by atoms with E-state index in [1.807, 2.05) is 0 Å². The van der Waals surface area contributed by atoms with Crippen molar-refractivity contribution in [3.63, 3.8) is 0 Å². The molecule has 1 aromatic heterocycles. The van der Waals surface area contributed by atoms with Crippen LogP contribution in [-0.2, 0) is 11.8 Å². The summed E-state index contributed by atoms with van der Waals surface area (Å²) in [5.41, 5.74) is 1.37. The van der Waals surface area contributed by atoms with Crippen LogP contribution in [0.1, 0.15) is 37.9 Å². The molecule has 1 aromatic rings. The highest BCUT2D eigenvalue weighted by molar-refractivity contribution is 7.80. The first-order valence-corrected chi connectivity index (χ1v) is 10.1. The summed E-state index contributed by atoms with van der Waals surface area (Å²) < 4.78 is 7.68. The molecule has 2 aliphatic rings. The summed E-state index contributed by atoms with van der Waals surface area (Å²) >= 11 is 5.81. The fraction of sp³-hybridized carbons (Fsp3) is 0.737. The molecule has 2 N–H and O–H groups in total. The number of quaternary nitrogens is 1. The molecule has 0 aliphatic carbocycles. The summed E-state index contributed by atoms with van der Waals surface area (Å²) in [4.78, 5) is 4.05.